The molecule has 33 heavy (non-hydrogen) atoms. The van der Waals surface area contributed by atoms with Crippen LogP contribution in [0.1, 0.15) is 49.8 Å². The first-order valence-corrected chi connectivity index (χ1v) is 11.6. The third-order valence-corrected chi connectivity index (χ3v) is 5.78. The topological polar surface area (TPSA) is 70.1 Å². The summed E-state index contributed by atoms with van der Waals surface area (Å²) in [7, 11) is 3.95. The van der Waals surface area contributed by atoms with E-state index in [-0.39, 0.29) is 11.3 Å². The number of carbonyl (C=O) groups is 2. The molecule has 6 heteroatoms. The molecule has 176 valence electrons. The maximum absolute atomic E-state index is 13.1. The zero-order valence-electron chi connectivity index (χ0n) is 19.8. The number of benzene rings is 2. The van der Waals surface area contributed by atoms with Crippen LogP contribution in [-0.2, 0) is 9.59 Å². The van der Waals surface area contributed by atoms with Gasteiger partial charge in [-0.2, -0.15) is 0 Å². The van der Waals surface area contributed by atoms with Gasteiger partial charge in [-0.25, -0.2) is 0 Å². The fraction of sp³-hybridized carbons (Fsp3) is 0.407. The predicted octanol–water partition coefficient (Wildman–Crippen LogP) is 4.63. The first-order valence-electron chi connectivity index (χ1n) is 11.6. The second-order valence-electron chi connectivity index (χ2n) is 8.64. The lowest BCUT2D eigenvalue weighted by Gasteiger charge is -2.26. The van der Waals surface area contributed by atoms with Crippen molar-refractivity contribution >= 4 is 17.4 Å². The van der Waals surface area contributed by atoms with Crippen LogP contribution in [0.15, 0.2) is 60.2 Å². The molecular weight excluding hydrogens is 416 g/mol. The molecule has 1 N–H and O–H groups in total. The van der Waals surface area contributed by atoms with E-state index in [0.717, 1.165) is 37.8 Å². The summed E-state index contributed by atoms with van der Waals surface area (Å²) in [5.41, 5.74) is 1.39. The summed E-state index contributed by atoms with van der Waals surface area (Å²) in [4.78, 5) is 29.7. The molecule has 6 nitrogen and oxygen atoms in total. The largest absolute Gasteiger partial charge is 0.507 e. The maximum atomic E-state index is 13.1. The Morgan fingerprint density at radius 1 is 1.03 bits per heavy atom. The van der Waals surface area contributed by atoms with Crippen LogP contribution in [0.25, 0.3) is 5.76 Å². The van der Waals surface area contributed by atoms with Gasteiger partial charge in [0.2, 0.25) is 0 Å². The molecular formula is C27H34N2O4. The highest BCUT2D eigenvalue weighted by molar-refractivity contribution is 6.46. The number of unbranched alkanes of at least 4 members (excludes halogenated alkanes) is 2. The Labute approximate surface area is 196 Å². The highest BCUT2D eigenvalue weighted by Gasteiger charge is 2.45. The lowest BCUT2D eigenvalue weighted by atomic mass is 9.95. The Morgan fingerprint density at radius 3 is 2.48 bits per heavy atom. The Hall–Kier alpha value is -3.12. The van der Waals surface area contributed by atoms with Gasteiger partial charge in [-0.15, -0.1) is 0 Å². The molecule has 1 heterocycles. The first-order chi connectivity index (χ1) is 15.9. The van der Waals surface area contributed by atoms with Crippen LogP contribution < -0.4 is 4.74 Å². The van der Waals surface area contributed by atoms with Crippen LogP contribution in [0.3, 0.4) is 0 Å². The van der Waals surface area contributed by atoms with E-state index >= 15 is 0 Å². The van der Waals surface area contributed by atoms with Gasteiger partial charge < -0.3 is 19.6 Å². The molecule has 0 aliphatic carbocycles. The molecule has 3 rings (SSSR count). The van der Waals surface area contributed by atoms with Crippen molar-refractivity contribution < 1.29 is 19.4 Å². The summed E-state index contributed by atoms with van der Waals surface area (Å²) in [6, 6.07) is 15.7. The van der Waals surface area contributed by atoms with E-state index in [1.54, 1.807) is 29.2 Å². The van der Waals surface area contributed by atoms with Gasteiger partial charge in [0.15, 0.2) is 0 Å². The predicted molar refractivity (Wildman–Crippen MR) is 130 cm³/mol. The zero-order chi connectivity index (χ0) is 23.8. The van der Waals surface area contributed by atoms with Gasteiger partial charge in [-0.05, 0) is 51.2 Å². The second-order valence-corrected chi connectivity index (χ2v) is 8.64. The van der Waals surface area contributed by atoms with Crippen LogP contribution in [0.5, 0.6) is 5.75 Å². The van der Waals surface area contributed by atoms with Crippen molar-refractivity contribution in [2.75, 3.05) is 33.8 Å². The number of hydrogen-bond donors (Lipinski definition) is 1. The maximum Gasteiger partial charge on any atom is 0.295 e. The quantitative estimate of drug-likeness (QED) is 0.234. The van der Waals surface area contributed by atoms with Gasteiger partial charge in [-0.3, -0.25) is 9.59 Å². The minimum atomic E-state index is -0.661. The van der Waals surface area contributed by atoms with Crippen LogP contribution >= 0.6 is 0 Å². The van der Waals surface area contributed by atoms with Gasteiger partial charge in [0.25, 0.3) is 11.7 Å². The van der Waals surface area contributed by atoms with Crippen molar-refractivity contribution in [1.29, 1.82) is 0 Å². The standard InChI is InChI=1S/C27H34N2O4/c1-4-5-9-18-33-22-15-10-14-21(19-22)24-23(25(30)20-12-7-6-8-13-20)26(31)27(32)29(24)17-11-16-28(2)3/h6-8,10,12-15,19,24,30H,4-5,9,11,16-18H2,1-3H3. The van der Waals surface area contributed by atoms with Gasteiger partial charge in [-0.1, -0.05) is 62.2 Å². The molecule has 0 spiro atoms. The second kappa shape index (κ2) is 11.7. The van der Waals surface area contributed by atoms with Crippen LogP contribution in [-0.4, -0.2) is 60.4 Å². The number of rotatable bonds is 11. The molecule has 1 atom stereocenters. The summed E-state index contributed by atoms with van der Waals surface area (Å²) < 4.78 is 5.92. The van der Waals surface area contributed by atoms with Crippen molar-refractivity contribution in [3.05, 3.63) is 71.3 Å². The normalized spacial score (nSPS) is 17.7. The van der Waals surface area contributed by atoms with E-state index in [4.69, 9.17) is 4.74 Å². The Balaban J connectivity index is 1.99. The van der Waals surface area contributed by atoms with E-state index in [2.05, 4.69) is 6.92 Å². The molecule has 1 aliphatic rings. The molecule has 1 aliphatic heterocycles. The number of nitrogens with zero attached hydrogens (tertiary/aromatic N) is 2. The lowest BCUT2D eigenvalue weighted by Crippen LogP contribution is -2.32. The smallest absolute Gasteiger partial charge is 0.295 e. The number of ketones is 1. The molecule has 0 radical (unpaired) electrons. The van der Waals surface area contributed by atoms with Gasteiger partial charge >= 0.3 is 0 Å². The lowest BCUT2D eigenvalue weighted by molar-refractivity contribution is -0.139. The summed E-state index contributed by atoms with van der Waals surface area (Å²) in [6.07, 6.45) is 3.90. The minimum Gasteiger partial charge on any atom is -0.507 e. The Bertz CT molecular complexity index is 985. The number of amides is 1. The Kier molecular flexibility index (Phi) is 8.66. The molecule has 0 bridgehead atoms. The van der Waals surface area contributed by atoms with Crippen molar-refractivity contribution in [2.45, 2.75) is 38.6 Å². The molecule has 1 saturated heterocycles. The highest BCUT2D eigenvalue weighted by Crippen LogP contribution is 2.40. The summed E-state index contributed by atoms with van der Waals surface area (Å²) >= 11 is 0. The van der Waals surface area contributed by atoms with Crippen LogP contribution in [0.2, 0.25) is 0 Å². The molecule has 1 fully saturated rings. The fourth-order valence-corrected chi connectivity index (χ4v) is 4.08. The Morgan fingerprint density at radius 2 is 1.79 bits per heavy atom. The molecule has 0 aromatic heterocycles. The van der Waals surface area contributed by atoms with Crippen LogP contribution in [0, 0.1) is 0 Å². The molecule has 2 aromatic rings. The molecule has 0 saturated carbocycles. The van der Waals surface area contributed by atoms with Crippen molar-refractivity contribution in [3.63, 3.8) is 0 Å². The highest BCUT2D eigenvalue weighted by atomic mass is 16.5. The third-order valence-electron chi connectivity index (χ3n) is 5.78. The van der Waals surface area contributed by atoms with Gasteiger partial charge in [0, 0.05) is 12.1 Å². The summed E-state index contributed by atoms with van der Waals surface area (Å²) in [5.74, 6) is -0.684. The SMILES string of the molecule is CCCCCOc1cccc(C2C(=C(O)c3ccccc3)C(=O)C(=O)N2CCCN(C)C)c1. The zero-order valence-corrected chi connectivity index (χ0v) is 19.8. The van der Waals surface area contributed by atoms with E-state index in [1.165, 1.54) is 0 Å². The van der Waals surface area contributed by atoms with Crippen LogP contribution in [0.4, 0.5) is 0 Å². The molecule has 2 aromatic carbocycles. The fourth-order valence-electron chi connectivity index (χ4n) is 4.08. The van der Waals surface area contributed by atoms with E-state index in [1.807, 2.05) is 49.3 Å². The van der Waals surface area contributed by atoms with Gasteiger partial charge in [0.1, 0.15) is 11.5 Å². The van der Waals surface area contributed by atoms with Gasteiger partial charge in [0.05, 0.1) is 18.2 Å². The van der Waals surface area contributed by atoms with E-state index < -0.39 is 17.7 Å². The first kappa shape index (κ1) is 24.5. The number of likely N-dealkylation sites (tertiary alicyclic amines) is 1. The van der Waals surface area contributed by atoms with E-state index in [0.29, 0.717) is 24.5 Å². The monoisotopic (exact) mass is 450 g/mol. The number of ether oxygens (including phenoxy) is 1. The number of aliphatic hydroxyl groups excluding tert-OH is 1. The number of aliphatic hydroxyl groups is 1. The van der Waals surface area contributed by atoms with Crippen molar-refractivity contribution in [1.82, 2.24) is 9.80 Å². The van der Waals surface area contributed by atoms with Crippen molar-refractivity contribution in [2.24, 2.45) is 0 Å². The van der Waals surface area contributed by atoms with E-state index in [9.17, 15) is 14.7 Å². The number of hydrogen-bond acceptors (Lipinski definition) is 5. The summed E-state index contributed by atoms with van der Waals surface area (Å²) in [5, 5.41) is 11.1. The average molecular weight is 451 g/mol. The molecule has 1 unspecified atom stereocenters. The molecule has 1 amide bonds. The number of carbonyl (C=O) groups excluding carboxylic acids is 2. The van der Waals surface area contributed by atoms with Crippen molar-refractivity contribution in [3.8, 4) is 5.75 Å². The average Bonchev–Trinajstić information content (AvgIpc) is 3.07. The third kappa shape index (κ3) is 6.02. The minimum absolute atomic E-state index is 0.124. The summed E-state index contributed by atoms with van der Waals surface area (Å²) in [6.45, 7) is 3.96. The number of Topliss-reactive ketones (excluding diaryl/α,β-unsaturated/α-hetero) is 1.